The van der Waals surface area contributed by atoms with Gasteiger partial charge in [-0.2, -0.15) is 0 Å². The molecule has 0 fully saturated rings. The van der Waals surface area contributed by atoms with Crippen LogP contribution in [-0.4, -0.2) is 33.5 Å². The van der Waals surface area contributed by atoms with E-state index in [1.54, 1.807) is 13.8 Å². The number of benzene rings is 1. The molecule has 0 bridgehead atoms. The first-order valence-corrected chi connectivity index (χ1v) is 8.27. The Morgan fingerprint density at radius 1 is 1.04 bits per heavy atom. The number of aromatic nitrogens is 2. The maximum Gasteiger partial charge on any atom is 0.331 e. The van der Waals surface area contributed by atoms with E-state index in [4.69, 9.17) is 0 Å². The maximum absolute atomic E-state index is 12.5. The largest absolute Gasteiger partial charge is 0.352 e. The highest BCUT2D eigenvalue weighted by atomic mass is 16.2. The van der Waals surface area contributed by atoms with Gasteiger partial charge in [-0.1, -0.05) is 30.3 Å². The van der Waals surface area contributed by atoms with Crippen LogP contribution in [0, 0.1) is 0 Å². The van der Waals surface area contributed by atoms with E-state index in [2.05, 4.69) is 10.6 Å². The third kappa shape index (κ3) is 5.44. The van der Waals surface area contributed by atoms with E-state index < -0.39 is 23.7 Å². The highest BCUT2D eigenvalue weighted by Gasteiger charge is 2.11. The van der Waals surface area contributed by atoms with E-state index in [0.717, 1.165) is 10.1 Å². The van der Waals surface area contributed by atoms with Crippen molar-refractivity contribution in [2.75, 3.05) is 6.54 Å². The Balaban J connectivity index is 2.08. The standard InChI is InChI=1S/C18H22N4O4/c1-13(2)20-15(23)10-19-16(24)12-22-17(25)8-9-21(18(22)26)11-14-6-4-3-5-7-14/h3-9,13H,10-12H2,1-2H3,(H,19,24)(H,20,23). The predicted molar refractivity (Wildman–Crippen MR) is 96.8 cm³/mol. The Morgan fingerprint density at radius 2 is 1.73 bits per heavy atom. The lowest BCUT2D eigenvalue weighted by atomic mass is 10.2. The maximum atomic E-state index is 12.5. The molecule has 0 aliphatic carbocycles. The molecule has 0 saturated carbocycles. The normalized spacial score (nSPS) is 10.6. The fourth-order valence-corrected chi connectivity index (χ4v) is 2.35. The van der Waals surface area contributed by atoms with Gasteiger partial charge in [0.25, 0.3) is 5.56 Å². The first-order valence-electron chi connectivity index (χ1n) is 8.27. The van der Waals surface area contributed by atoms with Gasteiger partial charge >= 0.3 is 5.69 Å². The van der Waals surface area contributed by atoms with Crippen molar-refractivity contribution >= 4 is 11.8 Å². The first kappa shape index (κ1) is 19.2. The van der Waals surface area contributed by atoms with Crippen molar-refractivity contribution in [1.29, 1.82) is 0 Å². The third-order valence-electron chi connectivity index (χ3n) is 3.53. The lowest BCUT2D eigenvalue weighted by Crippen LogP contribution is -2.45. The summed E-state index contributed by atoms with van der Waals surface area (Å²) in [5.74, 6) is -0.921. The summed E-state index contributed by atoms with van der Waals surface area (Å²) in [6, 6.07) is 10.5. The Kier molecular flexibility index (Phi) is 6.48. The summed E-state index contributed by atoms with van der Waals surface area (Å²) in [6.45, 7) is 3.24. The number of hydrogen-bond acceptors (Lipinski definition) is 4. The van der Waals surface area contributed by atoms with Gasteiger partial charge in [0.1, 0.15) is 6.54 Å². The van der Waals surface area contributed by atoms with E-state index in [0.29, 0.717) is 6.54 Å². The second-order valence-electron chi connectivity index (χ2n) is 6.14. The molecule has 2 amide bonds. The van der Waals surface area contributed by atoms with E-state index in [1.165, 1.54) is 16.8 Å². The molecule has 138 valence electrons. The minimum atomic E-state index is -0.583. The number of rotatable bonds is 7. The topological polar surface area (TPSA) is 102 Å². The zero-order chi connectivity index (χ0) is 19.1. The van der Waals surface area contributed by atoms with Gasteiger partial charge in [0.05, 0.1) is 13.1 Å². The third-order valence-corrected chi connectivity index (χ3v) is 3.53. The van der Waals surface area contributed by atoms with E-state index in [-0.39, 0.29) is 18.5 Å². The van der Waals surface area contributed by atoms with Gasteiger partial charge in [-0.25, -0.2) is 4.79 Å². The molecule has 2 N–H and O–H groups in total. The molecule has 2 rings (SSSR count). The Bertz CT molecular complexity index is 884. The summed E-state index contributed by atoms with van der Waals surface area (Å²) < 4.78 is 2.20. The van der Waals surface area contributed by atoms with Crippen molar-refractivity contribution in [1.82, 2.24) is 19.8 Å². The molecular weight excluding hydrogens is 336 g/mol. The summed E-state index contributed by atoms with van der Waals surface area (Å²) in [5.41, 5.74) is -0.251. The molecule has 26 heavy (non-hydrogen) atoms. The minimum Gasteiger partial charge on any atom is -0.352 e. The lowest BCUT2D eigenvalue weighted by molar-refractivity contribution is -0.126. The summed E-state index contributed by atoms with van der Waals surface area (Å²) in [4.78, 5) is 48.0. The number of carbonyl (C=O) groups is 2. The molecular formula is C18H22N4O4. The van der Waals surface area contributed by atoms with Gasteiger partial charge in [-0.3, -0.25) is 23.5 Å². The van der Waals surface area contributed by atoms with Crippen LogP contribution in [-0.2, 0) is 22.7 Å². The van der Waals surface area contributed by atoms with Gasteiger partial charge in [0.15, 0.2) is 0 Å². The molecule has 0 spiro atoms. The molecule has 1 heterocycles. The molecule has 0 radical (unpaired) electrons. The molecule has 0 atom stereocenters. The quantitative estimate of drug-likeness (QED) is 0.709. The Hall–Kier alpha value is -3.16. The zero-order valence-electron chi connectivity index (χ0n) is 14.8. The van der Waals surface area contributed by atoms with Crippen LogP contribution in [0.2, 0.25) is 0 Å². The molecule has 8 nitrogen and oxygen atoms in total. The number of nitrogens with zero attached hydrogens (tertiary/aromatic N) is 2. The van der Waals surface area contributed by atoms with Crippen LogP contribution < -0.4 is 21.9 Å². The van der Waals surface area contributed by atoms with Crippen LogP contribution in [0.5, 0.6) is 0 Å². The van der Waals surface area contributed by atoms with Crippen LogP contribution in [0.1, 0.15) is 19.4 Å². The zero-order valence-corrected chi connectivity index (χ0v) is 14.8. The Morgan fingerprint density at radius 3 is 2.38 bits per heavy atom. The van der Waals surface area contributed by atoms with E-state index in [1.807, 2.05) is 30.3 Å². The van der Waals surface area contributed by atoms with Crippen molar-refractivity contribution < 1.29 is 9.59 Å². The van der Waals surface area contributed by atoms with Gasteiger partial charge in [-0.15, -0.1) is 0 Å². The molecule has 0 aliphatic heterocycles. The average molecular weight is 358 g/mol. The molecule has 0 saturated heterocycles. The summed E-state index contributed by atoms with van der Waals surface area (Å²) >= 11 is 0. The number of hydrogen-bond donors (Lipinski definition) is 2. The van der Waals surface area contributed by atoms with Crippen LogP contribution >= 0.6 is 0 Å². The highest BCUT2D eigenvalue weighted by molar-refractivity contribution is 5.84. The second kappa shape index (κ2) is 8.80. The molecule has 0 aliphatic rings. The molecule has 8 heteroatoms. The molecule has 2 aromatic rings. The minimum absolute atomic E-state index is 0.0404. The van der Waals surface area contributed by atoms with Crippen LogP contribution in [0.15, 0.2) is 52.2 Å². The van der Waals surface area contributed by atoms with Crippen molar-refractivity contribution in [2.45, 2.75) is 33.0 Å². The van der Waals surface area contributed by atoms with Gasteiger partial charge in [0, 0.05) is 18.3 Å². The van der Waals surface area contributed by atoms with Gasteiger partial charge in [0.2, 0.25) is 11.8 Å². The van der Waals surface area contributed by atoms with Gasteiger partial charge in [-0.05, 0) is 19.4 Å². The van der Waals surface area contributed by atoms with E-state index in [9.17, 15) is 19.2 Å². The van der Waals surface area contributed by atoms with Crippen molar-refractivity contribution in [3.05, 3.63) is 69.0 Å². The number of nitrogens with one attached hydrogen (secondary N) is 2. The monoisotopic (exact) mass is 358 g/mol. The molecule has 1 aromatic carbocycles. The lowest BCUT2D eigenvalue weighted by Gasteiger charge is -2.11. The molecule has 1 aromatic heterocycles. The average Bonchev–Trinajstić information content (AvgIpc) is 2.60. The van der Waals surface area contributed by atoms with Crippen LogP contribution in [0.25, 0.3) is 0 Å². The SMILES string of the molecule is CC(C)NC(=O)CNC(=O)Cn1c(=O)ccn(Cc2ccccc2)c1=O. The summed E-state index contributed by atoms with van der Waals surface area (Å²) in [6.07, 6.45) is 1.40. The van der Waals surface area contributed by atoms with Crippen LogP contribution in [0.3, 0.4) is 0 Å². The van der Waals surface area contributed by atoms with Crippen molar-refractivity contribution in [3.8, 4) is 0 Å². The fourth-order valence-electron chi connectivity index (χ4n) is 2.35. The first-order chi connectivity index (χ1) is 12.4. The predicted octanol–water partition coefficient (Wildman–Crippen LogP) is -0.301. The smallest absolute Gasteiger partial charge is 0.331 e. The van der Waals surface area contributed by atoms with Crippen molar-refractivity contribution in [3.63, 3.8) is 0 Å². The number of carbonyl (C=O) groups excluding carboxylic acids is 2. The second-order valence-corrected chi connectivity index (χ2v) is 6.14. The van der Waals surface area contributed by atoms with Crippen LogP contribution in [0.4, 0.5) is 0 Å². The summed E-state index contributed by atoms with van der Waals surface area (Å²) in [5, 5.41) is 5.03. The molecule has 0 unspecified atom stereocenters. The number of amides is 2. The van der Waals surface area contributed by atoms with E-state index >= 15 is 0 Å². The van der Waals surface area contributed by atoms with Gasteiger partial charge < -0.3 is 10.6 Å². The highest BCUT2D eigenvalue weighted by Crippen LogP contribution is 1.99. The summed E-state index contributed by atoms with van der Waals surface area (Å²) in [7, 11) is 0. The Labute approximate surface area is 150 Å². The fraction of sp³-hybridized carbons (Fsp3) is 0.333. The van der Waals surface area contributed by atoms with Crippen molar-refractivity contribution in [2.24, 2.45) is 0 Å².